The van der Waals surface area contributed by atoms with Gasteiger partial charge in [0.1, 0.15) is 17.1 Å². The smallest absolute Gasteiger partial charge is 0.412 e. The van der Waals surface area contributed by atoms with Crippen molar-refractivity contribution >= 4 is 28.8 Å². The number of unbranched alkanes of at least 4 members (excludes halogenated alkanes) is 1. The van der Waals surface area contributed by atoms with E-state index in [1.54, 1.807) is 36.7 Å². The number of hydrogen-bond acceptors (Lipinski definition) is 7. The van der Waals surface area contributed by atoms with E-state index in [2.05, 4.69) is 10.3 Å². The highest BCUT2D eigenvalue weighted by Gasteiger charge is 2.21. The fraction of sp³-hybridized carbons (Fsp3) is 0.407. The van der Waals surface area contributed by atoms with Crippen molar-refractivity contribution in [3.8, 4) is 16.9 Å². The molecule has 1 amide bonds. The van der Waals surface area contributed by atoms with Gasteiger partial charge < -0.3 is 14.2 Å². The zero-order chi connectivity index (χ0) is 26.1. The average molecular weight is 496 g/mol. The maximum absolute atomic E-state index is 13.7. The van der Waals surface area contributed by atoms with Crippen molar-refractivity contribution in [1.82, 2.24) is 9.55 Å². The van der Waals surface area contributed by atoms with Gasteiger partial charge in [-0.05, 0) is 50.1 Å². The molecule has 0 saturated heterocycles. The van der Waals surface area contributed by atoms with Crippen molar-refractivity contribution in [1.29, 1.82) is 0 Å². The summed E-state index contributed by atoms with van der Waals surface area (Å²) in [7, 11) is 0. The van der Waals surface area contributed by atoms with Crippen LogP contribution in [0.3, 0.4) is 0 Å². The Morgan fingerprint density at radius 1 is 1.11 bits per heavy atom. The molecule has 3 aromatic rings. The quantitative estimate of drug-likeness (QED) is 0.289. The second kappa shape index (κ2) is 12.7. The maximum Gasteiger partial charge on any atom is 0.412 e. The van der Waals surface area contributed by atoms with Crippen LogP contribution in [0.15, 0.2) is 47.4 Å². The lowest BCUT2D eigenvalue weighted by Crippen LogP contribution is -2.29. The van der Waals surface area contributed by atoms with Gasteiger partial charge in [-0.1, -0.05) is 25.5 Å². The molecule has 0 bridgehead atoms. The van der Waals surface area contributed by atoms with E-state index in [0.717, 1.165) is 18.2 Å². The molecule has 192 valence electrons. The Morgan fingerprint density at radius 3 is 2.64 bits per heavy atom. The van der Waals surface area contributed by atoms with Gasteiger partial charge in [0.2, 0.25) is 0 Å². The van der Waals surface area contributed by atoms with Crippen LogP contribution in [0, 0.1) is 0 Å². The highest BCUT2D eigenvalue weighted by molar-refractivity contribution is 6.03. The number of ether oxygens (including phenoxy) is 3. The molecule has 0 aliphatic carbocycles. The number of rotatable bonds is 11. The Balaban J connectivity index is 2.08. The van der Waals surface area contributed by atoms with E-state index < -0.39 is 6.09 Å². The minimum Gasteiger partial charge on any atom is -0.493 e. The number of carbonyl (C=O) groups excluding carboxylic acids is 2. The number of esters is 1. The van der Waals surface area contributed by atoms with Crippen molar-refractivity contribution in [2.45, 2.75) is 59.6 Å². The van der Waals surface area contributed by atoms with E-state index in [0.29, 0.717) is 42.1 Å². The van der Waals surface area contributed by atoms with E-state index in [9.17, 15) is 14.4 Å². The fourth-order valence-corrected chi connectivity index (χ4v) is 3.77. The minimum absolute atomic E-state index is 0.129. The third-order valence-electron chi connectivity index (χ3n) is 5.31. The Morgan fingerprint density at radius 2 is 1.92 bits per heavy atom. The Kier molecular flexibility index (Phi) is 9.44. The van der Waals surface area contributed by atoms with Crippen LogP contribution >= 0.6 is 0 Å². The molecule has 0 unspecified atom stereocenters. The topological polar surface area (TPSA) is 109 Å². The second-order valence-corrected chi connectivity index (χ2v) is 8.58. The molecule has 0 aliphatic heterocycles. The molecule has 3 rings (SSSR count). The summed E-state index contributed by atoms with van der Waals surface area (Å²) >= 11 is 0. The molecule has 36 heavy (non-hydrogen) atoms. The van der Waals surface area contributed by atoms with E-state index in [1.165, 1.54) is 6.92 Å². The first-order valence-electron chi connectivity index (χ1n) is 12.2. The van der Waals surface area contributed by atoms with E-state index >= 15 is 0 Å². The zero-order valence-electron chi connectivity index (χ0n) is 21.2. The van der Waals surface area contributed by atoms with Crippen LogP contribution in [0.5, 0.6) is 5.75 Å². The zero-order valence-corrected chi connectivity index (χ0v) is 21.2. The predicted octanol–water partition coefficient (Wildman–Crippen LogP) is 5.15. The lowest BCUT2D eigenvalue weighted by molar-refractivity contribution is -0.141. The molecule has 1 N–H and O–H groups in total. The number of pyridine rings is 2. The second-order valence-electron chi connectivity index (χ2n) is 8.58. The molecule has 2 aromatic heterocycles. The largest absolute Gasteiger partial charge is 0.493 e. The van der Waals surface area contributed by atoms with Crippen molar-refractivity contribution in [2.75, 3.05) is 18.5 Å². The third-order valence-corrected chi connectivity index (χ3v) is 5.31. The van der Waals surface area contributed by atoms with Crippen LogP contribution in [0.4, 0.5) is 10.5 Å². The summed E-state index contributed by atoms with van der Waals surface area (Å²) in [6, 6.07) is 11.0. The Hall–Kier alpha value is -3.88. The summed E-state index contributed by atoms with van der Waals surface area (Å²) in [6.07, 6.45) is 2.83. The molecule has 0 spiro atoms. The van der Waals surface area contributed by atoms with Gasteiger partial charge in [-0.25, -0.2) is 9.78 Å². The normalized spacial score (nSPS) is 10.9. The molecule has 9 nitrogen and oxygen atoms in total. The first kappa shape index (κ1) is 26.7. The number of carbonyl (C=O) groups is 2. The summed E-state index contributed by atoms with van der Waals surface area (Å²) in [6.45, 7) is 7.99. The fourth-order valence-electron chi connectivity index (χ4n) is 3.77. The van der Waals surface area contributed by atoms with Gasteiger partial charge in [-0.2, -0.15) is 0 Å². The Bertz CT molecular complexity index is 1270. The summed E-state index contributed by atoms with van der Waals surface area (Å²) in [5, 5.41) is 3.42. The highest BCUT2D eigenvalue weighted by Crippen LogP contribution is 2.34. The molecule has 0 saturated carbocycles. The van der Waals surface area contributed by atoms with Gasteiger partial charge in [-0.3, -0.25) is 19.5 Å². The lowest BCUT2D eigenvalue weighted by Gasteiger charge is -2.19. The number of hydrogen-bond donors (Lipinski definition) is 1. The molecule has 0 aliphatic rings. The summed E-state index contributed by atoms with van der Waals surface area (Å²) in [4.78, 5) is 41.7. The van der Waals surface area contributed by atoms with Gasteiger partial charge in [0.25, 0.3) is 5.56 Å². The van der Waals surface area contributed by atoms with Crippen molar-refractivity contribution in [3.63, 3.8) is 0 Å². The molecule has 2 heterocycles. The van der Waals surface area contributed by atoms with Gasteiger partial charge in [0.05, 0.1) is 19.3 Å². The number of aryl methyl sites for hydroxylation is 1. The molecule has 9 heteroatoms. The van der Waals surface area contributed by atoms with Crippen molar-refractivity contribution < 1.29 is 23.8 Å². The van der Waals surface area contributed by atoms with Crippen LogP contribution in [-0.2, 0) is 20.8 Å². The van der Waals surface area contributed by atoms with Gasteiger partial charge in [0, 0.05) is 37.0 Å². The average Bonchev–Trinajstić information content (AvgIpc) is 2.83. The van der Waals surface area contributed by atoms with E-state index in [-0.39, 0.29) is 29.9 Å². The Labute approximate surface area is 210 Å². The van der Waals surface area contributed by atoms with Gasteiger partial charge in [-0.15, -0.1) is 0 Å². The van der Waals surface area contributed by atoms with E-state index in [4.69, 9.17) is 14.2 Å². The standard InChI is InChI=1S/C27H33N3O6/c1-5-6-14-30-25-22(12-8-13-28-25)23(24(26(30)32)29-27(33)36-18(2)3)20-10-7-11-21(17-20)35-16-9-15-34-19(4)31/h7-8,10-13,17-18H,5-6,9,14-16H2,1-4H3,(H,29,33). The summed E-state index contributed by atoms with van der Waals surface area (Å²) in [5.74, 6) is 0.250. The number of fused-ring (bicyclic) bond motifs is 1. The van der Waals surface area contributed by atoms with Crippen LogP contribution in [0.1, 0.15) is 47.0 Å². The predicted molar refractivity (Wildman–Crippen MR) is 138 cm³/mol. The number of aromatic nitrogens is 2. The van der Waals surface area contributed by atoms with Gasteiger partial charge >= 0.3 is 12.1 Å². The van der Waals surface area contributed by atoms with E-state index in [1.807, 2.05) is 31.2 Å². The monoisotopic (exact) mass is 495 g/mol. The number of anilines is 1. The number of nitrogens with one attached hydrogen (secondary N) is 1. The van der Waals surface area contributed by atoms with Gasteiger partial charge in [0.15, 0.2) is 0 Å². The molecular formula is C27H33N3O6. The van der Waals surface area contributed by atoms with Crippen molar-refractivity contribution in [3.05, 3.63) is 52.9 Å². The van der Waals surface area contributed by atoms with Crippen LogP contribution < -0.4 is 15.6 Å². The molecule has 0 atom stereocenters. The number of amides is 1. The van der Waals surface area contributed by atoms with Crippen LogP contribution in [0.25, 0.3) is 22.2 Å². The lowest BCUT2D eigenvalue weighted by atomic mass is 10.00. The molecule has 1 aromatic carbocycles. The third kappa shape index (κ3) is 6.84. The van der Waals surface area contributed by atoms with Crippen LogP contribution in [0.2, 0.25) is 0 Å². The SMILES string of the molecule is CCCCn1c(=O)c(NC(=O)OC(C)C)c(-c2cccc(OCCCOC(C)=O)c2)c2cccnc21. The molecule has 0 fully saturated rings. The minimum atomic E-state index is -0.702. The number of nitrogens with zero attached hydrogens (tertiary/aromatic N) is 2. The van der Waals surface area contributed by atoms with Crippen molar-refractivity contribution in [2.24, 2.45) is 0 Å². The molecular weight excluding hydrogens is 462 g/mol. The maximum atomic E-state index is 13.7. The highest BCUT2D eigenvalue weighted by atomic mass is 16.6. The number of benzene rings is 1. The first-order valence-corrected chi connectivity index (χ1v) is 12.2. The molecule has 0 radical (unpaired) electrons. The van der Waals surface area contributed by atoms with Crippen LogP contribution in [-0.4, -0.2) is 40.9 Å². The first-order chi connectivity index (χ1) is 17.3. The summed E-state index contributed by atoms with van der Waals surface area (Å²) < 4.78 is 17.7. The summed E-state index contributed by atoms with van der Waals surface area (Å²) in [5.41, 5.74) is 1.55.